The van der Waals surface area contributed by atoms with Crippen LogP contribution in [0.3, 0.4) is 0 Å². The van der Waals surface area contributed by atoms with Crippen molar-refractivity contribution in [2.75, 3.05) is 26.3 Å². The number of fused-ring (bicyclic) bond motifs is 2. The van der Waals surface area contributed by atoms with Crippen LogP contribution in [-0.4, -0.2) is 64.2 Å². The quantitative estimate of drug-likeness (QED) is 0.126. The number of halogens is 2. The average Bonchev–Trinajstić information content (AvgIpc) is 3.15. The normalized spacial score (nSPS) is 30.2. The lowest BCUT2D eigenvalue weighted by atomic mass is 9.77. The van der Waals surface area contributed by atoms with Crippen molar-refractivity contribution in [1.29, 1.82) is 0 Å². The van der Waals surface area contributed by atoms with Crippen LogP contribution in [0.25, 0.3) is 6.08 Å². The largest absolute Gasteiger partial charge is 0.493 e. The smallest absolute Gasteiger partial charge is 0.342 e. The lowest BCUT2D eigenvalue weighted by molar-refractivity contribution is -0.145. The molecule has 5 atom stereocenters. The number of hydrogen-bond donors (Lipinski definition) is 0. The van der Waals surface area contributed by atoms with Gasteiger partial charge < -0.3 is 28.4 Å². The lowest BCUT2D eigenvalue weighted by Crippen LogP contribution is -2.29. The van der Waals surface area contributed by atoms with E-state index in [2.05, 4.69) is 21.2 Å². The zero-order chi connectivity index (χ0) is 27.2. The van der Waals surface area contributed by atoms with Crippen molar-refractivity contribution in [3.8, 4) is 11.5 Å². The molecule has 37 heavy (non-hydrogen) atoms. The predicted molar refractivity (Wildman–Crippen MR) is 154 cm³/mol. The molecule has 0 N–H and O–H groups in total. The summed E-state index contributed by atoms with van der Waals surface area (Å²) in [4.78, 5) is 13.4. The first kappa shape index (κ1) is 30.3. The molecule has 3 rings (SSSR count). The molecule has 2 aliphatic heterocycles. The third-order valence-corrected chi connectivity index (χ3v) is 7.98. The molecule has 11 heteroatoms. The maximum Gasteiger partial charge on any atom is 0.342 e. The molecular formula is C26H35BFIO7S. The van der Waals surface area contributed by atoms with Gasteiger partial charge in [-0.3, -0.25) is 0 Å². The molecule has 1 fully saturated rings. The minimum atomic E-state index is -0.833. The maximum absolute atomic E-state index is 15.3. The van der Waals surface area contributed by atoms with Crippen molar-refractivity contribution < 1.29 is 37.6 Å². The van der Waals surface area contributed by atoms with Gasteiger partial charge in [0.15, 0.2) is 12.6 Å². The van der Waals surface area contributed by atoms with Crippen LogP contribution in [0.15, 0.2) is 30.1 Å². The summed E-state index contributed by atoms with van der Waals surface area (Å²) >= 11 is 2.22. The molecule has 7 nitrogen and oxygen atoms in total. The molecular weight excluding hydrogens is 613 g/mol. The summed E-state index contributed by atoms with van der Waals surface area (Å²) in [6, 6.07) is 3.45. The van der Waals surface area contributed by atoms with Gasteiger partial charge in [0.25, 0.3) is 0 Å². The molecule has 1 aromatic rings. The van der Waals surface area contributed by atoms with Crippen LogP contribution in [-0.2, 0) is 18.9 Å². The molecule has 0 bridgehead atoms. The minimum absolute atomic E-state index is 0.0572. The fourth-order valence-corrected chi connectivity index (χ4v) is 4.99. The van der Waals surface area contributed by atoms with Crippen LogP contribution < -0.4 is 9.47 Å². The maximum atomic E-state index is 15.3. The van der Waals surface area contributed by atoms with Gasteiger partial charge in [0.1, 0.15) is 31.0 Å². The number of carbonyl (C=O) groups is 1. The van der Waals surface area contributed by atoms with Gasteiger partial charge in [-0.25, -0.2) is 9.18 Å². The first-order chi connectivity index (χ1) is 17.6. The van der Waals surface area contributed by atoms with E-state index < -0.39 is 29.8 Å². The van der Waals surface area contributed by atoms with Crippen molar-refractivity contribution in [3.63, 3.8) is 0 Å². The van der Waals surface area contributed by atoms with Crippen molar-refractivity contribution in [2.45, 2.75) is 64.0 Å². The molecule has 1 saturated heterocycles. The Morgan fingerprint density at radius 1 is 1.24 bits per heavy atom. The first-order valence-corrected chi connectivity index (χ1v) is 15.9. The highest BCUT2D eigenvalue weighted by molar-refractivity contribution is 14.2. The summed E-state index contributed by atoms with van der Waals surface area (Å²) in [6.07, 6.45) is 4.24. The lowest BCUT2D eigenvalue weighted by Gasteiger charge is -2.25. The molecule has 0 amide bonds. The highest BCUT2D eigenvalue weighted by Crippen LogP contribution is 2.39. The van der Waals surface area contributed by atoms with Crippen LogP contribution in [0.1, 0.15) is 50.0 Å². The molecule has 0 aliphatic carbocycles. The van der Waals surface area contributed by atoms with Crippen LogP contribution in [0.2, 0.25) is 5.82 Å². The number of methoxy groups -OCH3 is 1. The number of carbonyl (C=O) groups excluding carboxylic acids is 1. The summed E-state index contributed by atoms with van der Waals surface area (Å²) < 4.78 is 50.1. The van der Waals surface area contributed by atoms with Gasteiger partial charge in [-0.1, -0.05) is 28.0 Å². The number of benzene rings is 1. The Labute approximate surface area is 235 Å². The number of cyclic esters (lactones) is 1. The Morgan fingerprint density at radius 3 is 2.70 bits per heavy atom. The van der Waals surface area contributed by atoms with E-state index in [9.17, 15) is 4.79 Å². The Kier molecular flexibility index (Phi) is 11.2. The number of hydrogen-bond acceptors (Lipinski definition) is 8. The van der Waals surface area contributed by atoms with Crippen molar-refractivity contribution in [3.05, 3.63) is 41.2 Å². The van der Waals surface area contributed by atoms with Crippen LogP contribution in [0.5, 0.6) is 11.5 Å². The molecule has 204 valence electrons. The molecule has 1 aromatic carbocycles. The van der Waals surface area contributed by atoms with Gasteiger partial charge in [-0.15, -0.1) is 0 Å². The predicted octanol–water partition coefficient (Wildman–Crippen LogP) is 5.52. The van der Waals surface area contributed by atoms with Crippen molar-refractivity contribution >= 4 is 50.0 Å². The Balaban J connectivity index is 2.08. The summed E-state index contributed by atoms with van der Waals surface area (Å²) in [7, 11) is 4.94. The van der Waals surface area contributed by atoms with Gasteiger partial charge in [-0.05, 0) is 66.1 Å². The third kappa shape index (κ3) is 8.11. The van der Waals surface area contributed by atoms with Crippen LogP contribution >= 0.6 is 30.1 Å². The highest BCUT2D eigenvalue weighted by Gasteiger charge is 2.44. The zero-order valence-corrected chi connectivity index (χ0v) is 25.1. The molecule has 2 aliphatic rings. The summed E-state index contributed by atoms with van der Waals surface area (Å²) in [5.74, 6) is -0.967. The van der Waals surface area contributed by atoms with E-state index in [0.29, 0.717) is 24.3 Å². The second-order valence-corrected chi connectivity index (χ2v) is 12.2. The van der Waals surface area contributed by atoms with E-state index >= 15 is 4.39 Å². The fourth-order valence-electron chi connectivity index (χ4n) is 4.30. The van der Waals surface area contributed by atoms with Gasteiger partial charge >= 0.3 is 5.97 Å². The van der Waals surface area contributed by atoms with E-state index in [-0.39, 0.29) is 36.0 Å². The standard InChI is InChI=1S/C26H35BFIO7S/c1-15-11-19(28)23(27)24-20(35-26(3,4)36-24)8-6-7-17-12-18(32-9-10-37-29)13-21(33-14-31-5)22(17)25(30)34-16(15)2/h6-7,11-13,15-16,20,23-24H,8-10,14,27H2,1-5H3/b7-6+,19-11+/t15-,16?,20?,23?,24?/m1/s1. The SMILES string of the molecule is BC1/C(F)=C\[C@@H](C)C(C)OC(=O)c2c(cc(OCCSI)cc2OCOC)/C=C/CC2OC(C)(C)OC21. The monoisotopic (exact) mass is 648 g/mol. The Morgan fingerprint density at radius 2 is 2.00 bits per heavy atom. The first-order valence-electron chi connectivity index (χ1n) is 12.3. The van der Waals surface area contributed by atoms with Crippen LogP contribution in [0.4, 0.5) is 4.39 Å². The minimum Gasteiger partial charge on any atom is -0.493 e. The Hall–Kier alpha value is -1.28. The molecule has 0 saturated carbocycles. The van der Waals surface area contributed by atoms with E-state index in [0.717, 1.165) is 5.75 Å². The number of ether oxygens (including phenoxy) is 6. The second-order valence-electron chi connectivity index (χ2n) is 9.68. The van der Waals surface area contributed by atoms with Gasteiger partial charge in [0.05, 0.1) is 24.6 Å². The molecule has 0 radical (unpaired) electrons. The van der Waals surface area contributed by atoms with E-state index in [1.54, 1.807) is 35.8 Å². The van der Waals surface area contributed by atoms with Gasteiger partial charge in [0, 0.05) is 30.7 Å². The van der Waals surface area contributed by atoms with E-state index in [1.165, 1.54) is 13.2 Å². The van der Waals surface area contributed by atoms with Gasteiger partial charge in [0.2, 0.25) is 0 Å². The molecule has 0 spiro atoms. The van der Waals surface area contributed by atoms with Gasteiger partial charge in [-0.2, -0.15) is 0 Å². The summed E-state index contributed by atoms with van der Waals surface area (Å²) in [5, 5.41) is 0. The highest BCUT2D eigenvalue weighted by atomic mass is 127. The fraction of sp³-hybridized carbons (Fsp3) is 0.577. The topological polar surface area (TPSA) is 72.5 Å². The molecule has 0 aromatic heterocycles. The van der Waals surface area contributed by atoms with Crippen LogP contribution in [0, 0.1) is 5.92 Å². The zero-order valence-electron chi connectivity index (χ0n) is 22.1. The summed E-state index contributed by atoms with van der Waals surface area (Å²) in [6.45, 7) is 7.66. The van der Waals surface area contributed by atoms with Crippen molar-refractivity contribution in [1.82, 2.24) is 0 Å². The second kappa shape index (κ2) is 13.7. The summed E-state index contributed by atoms with van der Waals surface area (Å²) in [5.41, 5.74) is 0.829. The van der Waals surface area contributed by atoms with Crippen molar-refractivity contribution in [2.24, 2.45) is 5.92 Å². The number of rotatable bonds is 7. The third-order valence-electron chi connectivity index (χ3n) is 6.34. The average molecular weight is 648 g/mol. The number of esters is 1. The molecule has 2 heterocycles. The van der Waals surface area contributed by atoms with E-state index in [1.807, 2.05) is 32.9 Å². The Bertz CT molecular complexity index is 1010. The van der Waals surface area contributed by atoms with E-state index in [4.69, 9.17) is 28.4 Å². The molecule has 4 unspecified atom stereocenters.